The van der Waals surface area contributed by atoms with Crippen LogP contribution in [0.5, 0.6) is 0 Å². The molecule has 42 valence electrons. The first kappa shape index (κ1) is 981. The Morgan fingerprint density at radius 1 is 0.600 bits per heavy atom. The van der Waals surface area contributed by atoms with Crippen LogP contribution < -0.4 is 18.5 Å². The minimum atomic E-state index is 0. The average molecular weight is 93.1 g/mol. The lowest BCUT2D eigenvalue weighted by atomic mass is 14.0. The van der Waals surface area contributed by atoms with Gasteiger partial charge in [0.05, 0.1) is 0 Å². The van der Waals surface area contributed by atoms with E-state index in [4.69, 9.17) is 0 Å². The molecule has 0 radical (unpaired) electrons. The molecule has 0 aliphatic heterocycles. The maximum atomic E-state index is 0. The lowest BCUT2D eigenvalue weighted by Crippen LogP contribution is -0.482. The van der Waals surface area contributed by atoms with Crippen LogP contribution in [0.2, 0.25) is 0 Å². The molecule has 3 nitrogen and oxygen atoms in total. The lowest BCUT2D eigenvalue weighted by molar-refractivity contribution is 1.11. The third kappa shape index (κ3) is 168. The van der Waals surface area contributed by atoms with Crippen LogP contribution in [0.3, 0.4) is 0 Å². The van der Waals surface area contributed by atoms with Gasteiger partial charge in [-0.05, 0) is 0 Å². The Hall–Kier alpha value is -0.260. The van der Waals surface area contributed by atoms with Gasteiger partial charge in [-0.15, -0.1) is 0 Å². The predicted molar refractivity (Wildman–Crippen MR) is 22.2 cm³/mol. The third-order valence-electron chi connectivity index (χ3n) is 0. The van der Waals surface area contributed by atoms with Crippen LogP contribution >= 0.6 is 0 Å². The van der Waals surface area contributed by atoms with Gasteiger partial charge in [-0.2, -0.15) is 0 Å². The maximum absolute atomic E-state index is 0. The van der Waals surface area contributed by atoms with Crippen molar-refractivity contribution >= 4 is 0 Å². The minimum absolute atomic E-state index is 0. The van der Waals surface area contributed by atoms with Crippen LogP contribution in [0.1, 0.15) is 1.43 Å². The Balaban J connectivity index is 0. The van der Waals surface area contributed by atoms with Gasteiger partial charge in [0.1, 0.15) is 0 Å². The van der Waals surface area contributed by atoms with E-state index in [0.29, 0.717) is 0 Å². The summed E-state index contributed by atoms with van der Waals surface area (Å²) in [6.45, 7) is 0. The molecule has 0 aromatic carbocycles. The number of hydrogen-bond donors (Lipinski definition) is 3. The highest BCUT2D eigenvalue weighted by Crippen LogP contribution is 0.421. The average Bonchev–Trinajstić information content (AvgIpc) is 0. The van der Waals surface area contributed by atoms with Crippen molar-refractivity contribution in [1.29, 1.82) is 0 Å². The highest BCUT2D eigenvalue weighted by Gasteiger charge is -0.268. The SMILES string of the molecule is F.F.N.N.N.[HH]. The van der Waals surface area contributed by atoms with E-state index in [9.17, 15) is 0 Å². The van der Waals surface area contributed by atoms with Gasteiger partial charge < -0.3 is 18.5 Å². The Bertz CT molecular complexity index is 8.75. The van der Waals surface area contributed by atoms with E-state index < -0.39 is 0 Å². The molecule has 5 heavy (non-hydrogen) atoms. The molecule has 0 saturated carbocycles. The molecule has 0 aromatic heterocycles. The topological polar surface area (TPSA) is 105 Å². The first-order valence-electron chi connectivity index (χ1n) is 0. The van der Waals surface area contributed by atoms with E-state index in [0.717, 1.165) is 0 Å². The first-order chi connectivity index (χ1) is 0. The van der Waals surface area contributed by atoms with Gasteiger partial charge in [-0.25, -0.2) is 0 Å². The minimum Gasteiger partial charge on any atom is -0.344 e. The highest BCUT2D eigenvalue weighted by molar-refractivity contribution is 2.14. The quantitative estimate of drug-likeness (QED) is 0.416. The molecule has 0 saturated heterocycles. The maximum Gasteiger partial charge on any atom is 0 e. The predicted octanol–water partition coefficient (Wildman–Crippen LogP) is 1.04. The molecular formula is H13F2N3. The van der Waals surface area contributed by atoms with E-state index in [-0.39, 0.29) is 29.3 Å². The normalized spacial score (nSPS) is 0. The van der Waals surface area contributed by atoms with Crippen molar-refractivity contribution in [1.82, 2.24) is 18.5 Å². The summed E-state index contributed by atoms with van der Waals surface area (Å²) in [4.78, 5) is 0. The Labute approximate surface area is 30.7 Å². The second-order valence-corrected chi connectivity index (χ2v) is 0. The Kier molecular flexibility index (Phi) is 81500. The van der Waals surface area contributed by atoms with Gasteiger partial charge in [0.2, 0.25) is 0 Å². The highest BCUT2D eigenvalue weighted by atomic mass is 19.0. The van der Waals surface area contributed by atoms with Crippen LogP contribution in [0.15, 0.2) is 0 Å². The Morgan fingerprint density at radius 2 is 0.600 bits per heavy atom. The van der Waals surface area contributed by atoms with Crippen molar-refractivity contribution < 1.29 is 10.8 Å². The number of halogens is 2. The molecule has 0 aromatic rings. The van der Waals surface area contributed by atoms with Gasteiger partial charge in [-0.3, -0.25) is 9.41 Å². The summed E-state index contributed by atoms with van der Waals surface area (Å²) in [7, 11) is 0. The molecular weight excluding hydrogens is 80.0 g/mol. The van der Waals surface area contributed by atoms with E-state index in [1.54, 1.807) is 0 Å². The zero-order chi connectivity index (χ0) is 0. The summed E-state index contributed by atoms with van der Waals surface area (Å²) in [5.41, 5.74) is 0. The summed E-state index contributed by atoms with van der Waals surface area (Å²) in [5, 5.41) is 0. The fraction of sp³-hybridized carbons (Fsp3) is 0. The summed E-state index contributed by atoms with van der Waals surface area (Å²) >= 11 is 0. The summed E-state index contributed by atoms with van der Waals surface area (Å²) in [5.74, 6) is 0. The standard InChI is InChI=1S/2FH.3H3N.H2/h2*1H;3*1H3;1H. The molecule has 0 spiro atoms. The molecule has 5 heteroatoms. The first-order valence-corrected chi connectivity index (χ1v) is 0. The second kappa shape index (κ2) is 415. The van der Waals surface area contributed by atoms with Gasteiger partial charge in [0.25, 0.3) is 0 Å². The number of hydrogen-bond acceptors (Lipinski definition) is 3. The fourth-order valence-corrected chi connectivity index (χ4v) is 0. The smallest absolute Gasteiger partial charge is 0 e. The molecule has 0 unspecified atom stereocenters. The molecule has 0 rings (SSSR count). The van der Waals surface area contributed by atoms with Crippen LogP contribution in [0.25, 0.3) is 0 Å². The summed E-state index contributed by atoms with van der Waals surface area (Å²) < 4.78 is 0. The van der Waals surface area contributed by atoms with Crippen LogP contribution in [0, 0.1) is 0 Å². The van der Waals surface area contributed by atoms with Crippen LogP contribution in [-0.2, 0) is 0 Å². The zero-order valence-corrected chi connectivity index (χ0v) is 2.94. The fourth-order valence-electron chi connectivity index (χ4n) is 0. The van der Waals surface area contributed by atoms with E-state index in [1.165, 1.54) is 0 Å². The summed E-state index contributed by atoms with van der Waals surface area (Å²) in [6, 6.07) is 0. The molecule has 0 aliphatic rings. The monoisotopic (exact) mass is 93.1 g/mol. The van der Waals surface area contributed by atoms with Crippen molar-refractivity contribution in [3.8, 4) is 0 Å². The zero-order valence-electron chi connectivity index (χ0n) is 2.94. The van der Waals surface area contributed by atoms with Crippen molar-refractivity contribution in [2.45, 2.75) is 0 Å². The third-order valence-corrected chi connectivity index (χ3v) is 0. The van der Waals surface area contributed by atoms with Crippen molar-refractivity contribution in [3.05, 3.63) is 0 Å². The molecule has 0 aliphatic carbocycles. The van der Waals surface area contributed by atoms with Crippen molar-refractivity contribution in [3.63, 3.8) is 0 Å². The Morgan fingerprint density at radius 3 is 0.600 bits per heavy atom. The largest absolute Gasteiger partial charge is 0.344 e. The molecule has 0 amide bonds. The summed E-state index contributed by atoms with van der Waals surface area (Å²) in [6.07, 6.45) is 0. The van der Waals surface area contributed by atoms with E-state index >= 15 is 0 Å². The van der Waals surface area contributed by atoms with E-state index in [1.807, 2.05) is 0 Å². The van der Waals surface area contributed by atoms with Crippen LogP contribution in [0.4, 0.5) is 9.41 Å². The van der Waals surface area contributed by atoms with Gasteiger partial charge in [0, 0.05) is 1.43 Å². The van der Waals surface area contributed by atoms with Crippen molar-refractivity contribution in [2.24, 2.45) is 0 Å². The molecule has 0 atom stereocenters. The lowest BCUT2D eigenvalue weighted by Gasteiger charge is -0.345. The van der Waals surface area contributed by atoms with Crippen molar-refractivity contribution in [2.75, 3.05) is 0 Å². The molecule has 0 fully saturated rings. The molecule has 0 bridgehead atoms. The number of rotatable bonds is 0. The van der Waals surface area contributed by atoms with E-state index in [2.05, 4.69) is 0 Å². The van der Waals surface area contributed by atoms with Crippen LogP contribution in [-0.4, -0.2) is 0 Å². The van der Waals surface area contributed by atoms with Gasteiger partial charge in [0.15, 0.2) is 0 Å². The molecule has 9 N–H and O–H groups in total. The molecule has 0 heterocycles. The second-order valence-electron chi connectivity index (χ2n) is 0. The van der Waals surface area contributed by atoms with Gasteiger partial charge in [-0.1, -0.05) is 0 Å². The van der Waals surface area contributed by atoms with Gasteiger partial charge >= 0.3 is 0 Å².